The zero-order valence-corrected chi connectivity index (χ0v) is 16.7. The van der Waals surface area contributed by atoms with Crippen LogP contribution < -0.4 is 17.0 Å². The minimum atomic E-state index is -1.50. The number of nitrogens with one attached hydrogen (secondary N) is 1. The van der Waals surface area contributed by atoms with Gasteiger partial charge in [0.15, 0.2) is 6.23 Å². The van der Waals surface area contributed by atoms with Crippen LogP contribution in [0, 0.1) is 5.92 Å². The van der Waals surface area contributed by atoms with E-state index in [1.807, 2.05) is 0 Å². The van der Waals surface area contributed by atoms with Crippen LogP contribution in [-0.2, 0) is 14.3 Å². The standard InChI is InChI=1S/C16H22ClN3O7.ClH/c1-7(2)10(18)15(24)26-6-9-11(21)12(22)14(27-9)20-5-8(3-4-17)13(23)19-16(20)25;/h3-5,7,9-12,14,21-22H,6,18H2,1-2H3,(H,19,23,25);1H/b4-3+;/t9-,10+,11-,12+,14-;/m1./s1. The molecule has 5 atom stereocenters. The topological polar surface area (TPSA) is 157 Å². The summed E-state index contributed by atoms with van der Waals surface area (Å²) in [6.07, 6.45) is -2.91. The number of carbonyl (C=O) groups excluding carboxylic acids is 1. The average molecular weight is 440 g/mol. The molecule has 1 aromatic heterocycles. The second-order valence-corrected chi connectivity index (χ2v) is 6.74. The van der Waals surface area contributed by atoms with Gasteiger partial charge >= 0.3 is 11.7 Å². The second-order valence-electron chi connectivity index (χ2n) is 6.49. The molecule has 0 aromatic carbocycles. The highest BCUT2D eigenvalue weighted by Gasteiger charge is 2.45. The monoisotopic (exact) mass is 439 g/mol. The van der Waals surface area contributed by atoms with Crippen molar-refractivity contribution in [2.45, 2.75) is 44.4 Å². The van der Waals surface area contributed by atoms with E-state index < -0.39 is 47.8 Å². The number of aromatic nitrogens is 2. The third-order valence-corrected chi connectivity index (χ3v) is 4.36. The molecule has 0 radical (unpaired) electrons. The molecule has 0 unspecified atom stereocenters. The molecule has 0 bridgehead atoms. The van der Waals surface area contributed by atoms with Crippen molar-refractivity contribution in [3.63, 3.8) is 0 Å². The van der Waals surface area contributed by atoms with E-state index in [4.69, 9.17) is 26.8 Å². The number of nitrogens with zero attached hydrogens (tertiary/aromatic N) is 1. The lowest BCUT2D eigenvalue weighted by Crippen LogP contribution is -2.40. The number of esters is 1. The van der Waals surface area contributed by atoms with Gasteiger partial charge in [0.1, 0.15) is 31.0 Å². The lowest BCUT2D eigenvalue weighted by Gasteiger charge is -2.18. The van der Waals surface area contributed by atoms with Crippen LogP contribution in [0.2, 0.25) is 0 Å². The summed E-state index contributed by atoms with van der Waals surface area (Å²) < 4.78 is 11.4. The van der Waals surface area contributed by atoms with Gasteiger partial charge in [-0.2, -0.15) is 0 Å². The number of hydrogen-bond acceptors (Lipinski definition) is 8. The summed E-state index contributed by atoms with van der Waals surface area (Å²) in [7, 11) is 0. The fourth-order valence-electron chi connectivity index (χ4n) is 2.51. The van der Waals surface area contributed by atoms with Crippen molar-refractivity contribution in [1.29, 1.82) is 0 Å². The predicted molar refractivity (Wildman–Crippen MR) is 103 cm³/mol. The summed E-state index contributed by atoms with van der Waals surface area (Å²) in [5.74, 6) is -0.812. The molecule has 1 saturated heterocycles. The quantitative estimate of drug-likeness (QED) is 0.424. The average Bonchev–Trinajstić information content (AvgIpc) is 2.89. The first kappa shape index (κ1) is 24.3. The van der Waals surface area contributed by atoms with Crippen LogP contribution in [0.15, 0.2) is 21.3 Å². The third-order valence-electron chi connectivity index (χ3n) is 4.23. The number of aliphatic hydroxyl groups excluding tert-OH is 2. The first-order valence-electron chi connectivity index (χ1n) is 8.23. The van der Waals surface area contributed by atoms with E-state index in [0.29, 0.717) is 0 Å². The number of carbonyl (C=O) groups is 1. The van der Waals surface area contributed by atoms with E-state index in [1.165, 1.54) is 6.08 Å². The molecule has 1 aromatic rings. The lowest BCUT2D eigenvalue weighted by atomic mass is 10.1. The van der Waals surface area contributed by atoms with Gasteiger partial charge in [-0.05, 0) is 12.0 Å². The molecular formula is C16H23Cl2N3O7. The fourth-order valence-corrected chi connectivity index (χ4v) is 2.64. The van der Waals surface area contributed by atoms with E-state index in [2.05, 4.69) is 4.98 Å². The van der Waals surface area contributed by atoms with Gasteiger partial charge < -0.3 is 25.4 Å². The summed E-state index contributed by atoms with van der Waals surface area (Å²) in [5.41, 5.74) is 5.30. The van der Waals surface area contributed by atoms with Gasteiger partial charge in [0.05, 0.1) is 5.56 Å². The normalized spacial score (nSPS) is 25.7. The molecule has 0 amide bonds. The van der Waals surface area contributed by atoms with Gasteiger partial charge in [-0.1, -0.05) is 25.4 Å². The molecule has 0 spiro atoms. The number of hydrogen-bond donors (Lipinski definition) is 4. The highest BCUT2D eigenvalue weighted by molar-refractivity contribution is 6.27. The molecule has 2 rings (SSSR count). The first-order valence-corrected chi connectivity index (χ1v) is 8.67. The van der Waals surface area contributed by atoms with Crippen molar-refractivity contribution in [2.75, 3.05) is 6.61 Å². The number of halogens is 2. The van der Waals surface area contributed by atoms with E-state index in [9.17, 15) is 24.6 Å². The zero-order valence-electron chi connectivity index (χ0n) is 15.1. The first-order chi connectivity index (χ1) is 12.7. The molecule has 12 heteroatoms. The van der Waals surface area contributed by atoms with Crippen molar-refractivity contribution < 1.29 is 24.5 Å². The van der Waals surface area contributed by atoms with Crippen molar-refractivity contribution in [2.24, 2.45) is 11.7 Å². The fraction of sp³-hybridized carbons (Fsp3) is 0.562. The van der Waals surface area contributed by atoms with E-state index >= 15 is 0 Å². The Labute approximate surface area is 171 Å². The predicted octanol–water partition coefficient (Wildman–Crippen LogP) is -0.686. The molecule has 0 saturated carbocycles. The Balaban J connectivity index is 0.00000392. The molecule has 2 heterocycles. The van der Waals surface area contributed by atoms with Crippen LogP contribution >= 0.6 is 24.0 Å². The van der Waals surface area contributed by atoms with Crippen molar-refractivity contribution in [3.05, 3.63) is 38.1 Å². The summed E-state index contributed by atoms with van der Waals surface area (Å²) in [5, 5.41) is 20.4. The number of ether oxygens (including phenoxy) is 2. The van der Waals surface area contributed by atoms with Crippen molar-refractivity contribution in [3.8, 4) is 0 Å². The molecule has 10 nitrogen and oxygen atoms in total. The van der Waals surface area contributed by atoms with Crippen LogP contribution in [0.5, 0.6) is 0 Å². The SMILES string of the molecule is CC(C)[C@H](N)C(=O)OC[C@H]1O[C@@H](n2cc(/C=C/Cl)c(=O)[nH]c2=O)[C@@H](O)[C@@H]1O.Cl. The Morgan fingerprint density at radius 3 is 2.64 bits per heavy atom. The van der Waals surface area contributed by atoms with Gasteiger partial charge in [0, 0.05) is 11.7 Å². The number of aromatic amines is 1. The summed E-state index contributed by atoms with van der Waals surface area (Å²) in [6, 6.07) is -0.837. The molecule has 1 aliphatic heterocycles. The van der Waals surface area contributed by atoms with Crippen LogP contribution in [-0.4, -0.2) is 56.7 Å². The van der Waals surface area contributed by atoms with Crippen LogP contribution in [0.4, 0.5) is 0 Å². The van der Waals surface area contributed by atoms with E-state index in [1.54, 1.807) is 13.8 Å². The molecular weight excluding hydrogens is 417 g/mol. The van der Waals surface area contributed by atoms with Gasteiger partial charge in [0.25, 0.3) is 5.56 Å². The number of H-pyrrole nitrogens is 1. The molecule has 5 N–H and O–H groups in total. The Bertz CT molecular complexity index is 823. The Hall–Kier alpha value is -1.69. The Morgan fingerprint density at radius 1 is 1.43 bits per heavy atom. The van der Waals surface area contributed by atoms with E-state index in [-0.39, 0.29) is 30.5 Å². The number of aliphatic hydroxyl groups is 2. The maximum Gasteiger partial charge on any atom is 0.330 e. The molecule has 1 aliphatic rings. The van der Waals surface area contributed by atoms with Crippen LogP contribution in [0.1, 0.15) is 25.6 Å². The largest absolute Gasteiger partial charge is 0.462 e. The van der Waals surface area contributed by atoms with Crippen molar-refractivity contribution >= 4 is 36.1 Å². The summed E-state index contributed by atoms with van der Waals surface area (Å²) in [6.45, 7) is 3.14. The lowest BCUT2D eigenvalue weighted by molar-refractivity contribution is -0.152. The van der Waals surface area contributed by atoms with Crippen molar-refractivity contribution in [1.82, 2.24) is 9.55 Å². The molecule has 28 heavy (non-hydrogen) atoms. The van der Waals surface area contributed by atoms with Crippen LogP contribution in [0.25, 0.3) is 6.08 Å². The maximum atomic E-state index is 12.0. The van der Waals surface area contributed by atoms with Crippen LogP contribution in [0.3, 0.4) is 0 Å². The summed E-state index contributed by atoms with van der Waals surface area (Å²) >= 11 is 5.45. The van der Waals surface area contributed by atoms with Gasteiger partial charge in [-0.25, -0.2) is 4.79 Å². The Morgan fingerprint density at radius 2 is 2.07 bits per heavy atom. The number of nitrogens with two attached hydrogens (primary N) is 1. The minimum Gasteiger partial charge on any atom is -0.462 e. The minimum absolute atomic E-state index is 0. The maximum absolute atomic E-state index is 12.0. The zero-order chi connectivity index (χ0) is 20.3. The Kier molecular flexibility index (Phi) is 8.86. The highest BCUT2D eigenvalue weighted by atomic mass is 35.5. The van der Waals surface area contributed by atoms with Gasteiger partial charge in [0.2, 0.25) is 0 Å². The second kappa shape index (κ2) is 10.2. The summed E-state index contributed by atoms with van der Waals surface area (Å²) in [4.78, 5) is 37.6. The smallest absolute Gasteiger partial charge is 0.330 e. The molecule has 0 aliphatic carbocycles. The highest BCUT2D eigenvalue weighted by Crippen LogP contribution is 2.28. The molecule has 158 valence electrons. The number of rotatable bonds is 6. The van der Waals surface area contributed by atoms with Gasteiger partial charge in [-0.3, -0.25) is 19.1 Å². The van der Waals surface area contributed by atoms with Gasteiger partial charge in [-0.15, -0.1) is 12.4 Å². The third kappa shape index (κ3) is 5.22. The molecule has 1 fully saturated rings. The van der Waals surface area contributed by atoms with E-state index in [0.717, 1.165) is 16.3 Å².